The first-order valence-corrected chi connectivity index (χ1v) is 10.8. The molecule has 6 nitrogen and oxygen atoms in total. The average molecular weight is 457 g/mol. The van der Waals surface area contributed by atoms with Gasteiger partial charge in [0.25, 0.3) is 5.91 Å². The summed E-state index contributed by atoms with van der Waals surface area (Å²) in [5, 5.41) is 15.7. The summed E-state index contributed by atoms with van der Waals surface area (Å²) in [5.74, 6) is -0.596. The summed E-state index contributed by atoms with van der Waals surface area (Å²) in [6.07, 6.45) is 5.22. The van der Waals surface area contributed by atoms with Crippen LogP contribution in [-0.2, 0) is 0 Å². The van der Waals surface area contributed by atoms with Crippen LogP contribution < -0.4 is 10.6 Å². The highest BCUT2D eigenvalue weighted by Crippen LogP contribution is 2.33. The molecule has 3 N–H and O–H groups in total. The maximum atomic E-state index is 14.4. The third-order valence-electron chi connectivity index (χ3n) is 5.04. The van der Waals surface area contributed by atoms with Crippen molar-refractivity contribution in [3.63, 3.8) is 0 Å². The van der Waals surface area contributed by atoms with E-state index < -0.39 is 5.82 Å². The number of aliphatic hydroxyl groups excluding tert-OH is 1. The Hall–Kier alpha value is -3.03. The van der Waals surface area contributed by atoms with Crippen molar-refractivity contribution >= 4 is 28.9 Å². The number of nitrogens with one attached hydrogen (secondary N) is 2. The molecule has 2 heterocycles. The monoisotopic (exact) mass is 456 g/mol. The van der Waals surface area contributed by atoms with E-state index in [1.165, 1.54) is 24.4 Å². The molecule has 0 spiro atoms. The molecular weight excluding hydrogens is 431 g/mol. The van der Waals surface area contributed by atoms with Gasteiger partial charge in [-0.1, -0.05) is 25.4 Å². The minimum atomic E-state index is -0.424. The molecule has 3 aromatic rings. The number of carbonyl (C=O) groups is 1. The molecule has 0 radical (unpaired) electrons. The lowest BCUT2D eigenvalue weighted by Gasteiger charge is -2.19. The van der Waals surface area contributed by atoms with Gasteiger partial charge in [-0.2, -0.15) is 0 Å². The molecule has 1 aromatic carbocycles. The van der Waals surface area contributed by atoms with E-state index in [0.717, 1.165) is 5.56 Å². The summed E-state index contributed by atoms with van der Waals surface area (Å²) in [5.41, 5.74) is 3.24. The molecular formula is C24H26ClFN4O2. The van der Waals surface area contributed by atoms with E-state index in [0.29, 0.717) is 39.6 Å². The standard InChI is InChI=1S/C24H26ClFN4O2/c1-14(2)18-13-28-22(17-10-16(25)4-5-20(17)26)11-23(18)30-21-6-8-27-12-19(21)24(32)29-15(3)7-9-31/h4-6,8,10-15,31H,7,9H2,1-3H3,(H,29,32)(H,27,28,30)/t15-/m0/s1. The molecule has 2 aromatic heterocycles. The third-order valence-corrected chi connectivity index (χ3v) is 5.27. The van der Waals surface area contributed by atoms with Crippen LogP contribution in [0.25, 0.3) is 11.3 Å². The van der Waals surface area contributed by atoms with Gasteiger partial charge in [-0.15, -0.1) is 0 Å². The number of aliphatic hydroxyl groups is 1. The van der Waals surface area contributed by atoms with Gasteiger partial charge in [-0.3, -0.25) is 14.8 Å². The molecule has 1 atom stereocenters. The maximum Gasteiger partial charge on any atom is 0.255 e. The molecule has 0 bridgehead atoms. The van der Waals surface area contributed by atoms with Crippen LogP contribution in [0.1, 0.15) is 49.0 Å². The summed E-state index contributed by atoms with van der Waals surface area (Å²) in [6.45, 7) is 5.86. The van der Waals surface area contributed by atoms with Crippen LogP contribution in [0.15, 0.2) is 48.9 Å². The van der Waals surface area contributed by atoms with Crippen molar-refractivity contribution < 1.29 is 14.3 Å². The van der Waals surface area contributed by atoms with Crippen molar-refractivity contribution in [2.45, 2.75) is 39.2 Å². The van der Waals surface area contributed by atoms with Crippen molar-refractivity contribution in [3.8, 4) is 11.3 Å². The Labute approximate surface area is 191 Å². The number of hydrogen-bond donors (Lipinski definition) is 3. The highest BCUT2D eigenvalue weighted by Gasteiger charge is 2.17. The summed E-state index contributed by atoms with van der Waals surface area (Å²) >= 11 is 6.06. The number of pyridine rings is 2. The van der Waals surface area contributed by atoms with Crippen molar-refractivity contribution in [3.05, 3.63) is 70.9 Å². The lowest BCUT2D eigenvalue weighted by atomic mass is 10.0. The van der Waals surface area contributed by atoms with Crippen LogP contribution in [0.4, 0.5) is 15.8 Å². The van der Waals surface area contributed by atoms with Crippen LogP contribution in [0.5, 0.6) is 0 Å². The predicted molar refractivity (Wildman–Crippen MR) is 125 cm³/mol. The van der Waals surface area contributed by atoms with Crippen LogP contribution in [0, 0.1) is 5.82 Å². The zero-order valence-corrected chi connectivity index (χ0v) is 18.9. The SMILES string of the molecule is CC(C)c1cnc(-c2cc(Cl)ccc2F)cc1Nc1ccncc1C(=O)N[C@@H](C)CCO. The number of nitrogens with zero attached hydrogens (tertiary/aromatic N) is 2. The van der Waals surface area contributed by atoms with Gasteiger partial charge >= 0.3 is 0 Å². The molecule has 3 rings (SSSR count). The van der Waals surface area contributed by atoms with Crippen molar-refractivity contribution in [1.29, 1.82) is 0 Å². The molecule has 8 heteroatoms. The lowest BCUT2D eigenvalue weighted by molar-refractivity contribution is 0.0935. The minimum Gasteiger partial charge on any atom is -0.396 e. The molecule has 0 aliphatic carbocycles. The molecule has 32 heavy (non-hydrogen) atoms. The number of benzene rings is 1. The molecule has 0 saturated heterocycles. The number of halogens is 2. The highest BCUT2D eigenvalue weighted by molar-refractivity contribution is 6.30. The van der Waals surface area contributed by atoms with E-state index in [1.54, 1.807) is 24.5 Å². The molecule has 168 valence electrons. The molecule has 1 amide bonds. The lowest BCUT2D eigenvalue weighted by Crippen LogP contribution is -2.33. The Kier molecular flexibility index (Phi) is 7.77. The van der Waals surface area contributed by atoms with E-state index >= 15 is 0 Å². The minimum absolute atomic E-state index is 0.0167. The quantitative estimate of drug-likeness (QED) is 0.428. The number of aromatic nitrogens is 2. The van der Waals surface area contributed by atoms with E-state index in [4.69, 9.17) is 16.7 Å². The summed E-state index contributed by atoms with van der Waals surface area (Å²) in [7, 11) is 0. The Morgan fingerprint density at radius 2 is 1.94 bits per heavy atom. The van der Waals surface area contributed by atoms with Crippen LogP contribution in [0.3, 0.4) is 0 Å². The van der Waals surface area contributed by atoms with Crippen molar-refractivity contribution in [2.75, 3.05) is 11.9 Å². The highest BCUT2D eigenvalue weighted by atomic mass is 35.5. The third kappa shape index (κ3) is 5.60. The number of anilines is 2. The van der Waals surface area contributed by atoms with E-state index in [1.807, 2.05) is 20.8 Å². The van der Waals surface area contributed by atoms with Gasteiger partial charge in [0.15, 0.2) is 0 Å². The number of hydrogen-bond acceptors (Lipinski definition) is 5. The number of amides is 1. The molecule has 0 saturated carbocycles. The van der Waals surface area contributed by atoms with Crippen LogP contribution >= 0.6 is 11.6 Å². The Balaban J connectivity index is 2.00. The first-order valence-electron chi connectivity index (χ1n) is 10.4. The molecule has 0 aliphatic rings. The van der Waals surface area contributed by atoms with E-state index in [2.05, 4.69) is 20.6 Å². The number of rotatable bonds is 8. The second kappa shape index (κ2) is 10.5. The number of carbonyl (C=O) groups excluding carboxylic acids is 1. The zero-order valence-electron chi connectivity index (χ0n) is 18.2. The first-order chi connectivity index (χ1) is 15.3. The van der Waals surface area contributed by atoms with Gasteiger partial charge in [0.2, 0.25) is 0 Å². The predicted octanol–water partition coefficient (Wildman–Crippen LogP) is 5.30. The van der Waals surface area contributed by atoms with Gasteiger partial charge in [0.1, 0.15) is 5.82 Å². The largest absolute Gasteiger partial charge is 0.396 e. The normalized spacial score (nSPS) is 12.0. The maximum absolute atomic E-state index is 14.4. The molecule has 0 unspecified atom stereocenters. The average Bonchev–Trinajstić information content (AvgIpc) is 2.75. The van der Waals surface area contributed by atoms with Crippen molar-refractivity contribution in [2.24, 2.45) is 0 Å². The first kappa shape index (κ1) is 23.6. The van der Waals surface area contributed by atoms with Gasteiger partial charge in [0.05, 0.1) is 16.9 Å². The smallest absolute Gasteiger partial charge is 0.255 e. The second-order valence-corrected chi connectivity index (χ2v) is 8.31. The zero-order chi connectivity index (χ0) is 23.3. The fraction of sp³-hybridized carbons (Fsp3) is 0.292. The summed E-state index contributed by atoms with van der Waals surface area (Å²) in [6, 6.07) is 7.59. The Bertz CT molecular complexity index is 1110. The second-order valence-electron chi connectivity index (χ2n) is 7.87. The Morgan fingerprint density at radius 1 is 1.16 bits per heavy atom. The Morgan fingerprint density at radius 3 is 2.66 bits per heavy atom. The van der Waals surface area contributed by atoms with Gasteiger partial charge < -0.3 is 15.7 Å². The van der Waals surface area contributed by atoms with E-state index in [9.17, 15) is 9.18 Å². The fourth-order valence-corrected chi connectivity index (χ4v) is 3.44. The summed E-state index contributed by atoms with van der Waals surface area (Å²) < 4.78 is 14.4. The fourth-order valence-electron chi connectivity index (χ4n) is 3.27. The van der Waals surface area contributed by atoms with Crippen LogP contribution in [-0.4, -0.2) is 33.6 Å². The molecule has 0 fully saturated rings. The van der Waals surface area contributed by atoms with Crippen LogP contribution in [0.2, 0.25) is 5.02 Å². The van der Waals surface area contributed by atoms with Crippen molar-refractivity contribution in [1.82, 2.24) is 15.3 Å². The van der Waals surface area contributed by atoms with Gasteiger partial charge in [-0.25, -0.2) is 4.39 Å². The summed E-state index contributed by atoms with van der Waals surface area (Å²) in [4.78, 5) is 21.3. The van der Waals surface area contributed by atoms with E-state index in [-0.39, 0.29) is 24.5 Å². The molecule has 0 aliphatic heterocycles. The topological polar surface area (TPSA) is 87.1 Å². The van der Waals surface area contributed by atoms with Gasteiger partial charge in [0, 0.05) is 47.5 Å². The van der Waals surface area contributed by atoms with Gasteiger partial charge in [-0.05, 0) is 55.2 Å².